The number of ketones is 2. The third-order valence-electron chi connectivity index (χ3n) is 8.98. The van der Waals surface area contributed by atoms with E-state index in [0.29, 0.717) is 6.42 Å². The first-order valence-corrected chi connectivity index (χ1v) is 12.1. The maximum Gasteiger partial charge on any atom is 0.306 e. The quantitative estimate of drug-likeness (QED) is 0.615. The van der Waals surface area contributed by atoms with Gasteiger partial charge < -0.3 is 14.6 Å². The van der Waals surface area contributed by atoms with E-state index >= 15 is 0 Å². The Hall–Kier alpha value is -2.54. The Labute approximate surface area is 200 Å². The molecule has 34 heavy (non-hydrogen) atoms. The van der Waals surface area contributed by atoms with Gasteiger partial charge in [-0.2, -0.15) is 0 Å². The van der Waals surface area contributed by atoms with Crippen LogP contribution in [-0.4, -0.2) is 46.9 Å². The molecule has 2 fully saturated rings. The fourth-order valence-electron chi connectivity index (χ4n) is 7.50. The van der Waals surface area contributed by atoms with E-state index in [9.17, 15) is 24.3 Å². The molecule has 4 unspecified atom stereocenters. The lowest BCUT2D eigenvalue weighted by molar-refractivity contribution is -0.202. The first kappa shape index (κ1) is 24.6. The molecule has 4 rings (SSSR count). The minimum absolute atomic E-state index is 0.0533. The molecule has 184 valence electrons. The molecule has 0 radical (unpaired) electrons. The SMILES string of the molecule is CCC(=O)O[C@]1(C(=O)COC(C)=O)[C@@H](C)CC2C3C=CC4=CC(=O)C=C[C@]4(C)C3C(O)C[C@@]21C. The monoisotopic (exact) mass is 470 g/mol. The number of carbonyl (C=O) groups is 4. The minimum atomic E-state index is -1.50. The summed E-state index contributed by atoms with van der Waals surface area (Å²) in [6, 6.07) is 0. The van der Waals surface area contributed by atoms with Crippen LogP contribution >= 0.6 is 0 Å². The molecule has 1 N–H and O–H groups in total. The Morgan fingerprint density at radius 2 is 1.91 bits per heavy atom. The maximum absolute atomic E-state index is 13.7. The van der Waals surface area contributed by atoms with Gasteiger partial charge in [0.1, 0.15) is 0 Å². The average molecular weight is 471 g/mol. The molecule has 0 aliphatic heterocycles. The van der Waals surface area contributed by atoms with Gasteiger partial charge in [-0.15, -0.1) is 0 Å². The van der Waals surface area contributed by atoms with Crippen LogP contribution in [0, 0.1) is 34.5 Å². The summed E-state index contributed by atoms with van der Waals surface area (Å²) in [5, 5.41) is 11.6. The lowest BCUT2D eigenvalue weighted by atomic mass is 9.47. The van der Waals surface area contributed by atoms with Crippen molar-refractivity contribution >= 4 is 23.5 Å². The highest BCUT2D eigenvalue weighted by Gasteiger charge is 2.72. The van der Waals surface area contributed by atoms with Crippen molar-refractivity contribution in [2.75, 3.05) is 6.61 Å². The van der Waals surface area contributed by atoms with E-state index in [1.165, 1.54) is 6.92 Å². The van der Waals surface area contributed by atoms with Gasteiger partial charge in [-0.3, -0.25) is 19.2 Å². The van der Waals surface area contributed by atoms with Crippen LogP contribution in [0.1, 0.15) is 53.9 Å². The Kier molecular flexibility index (Phi) is 6.00. The molecule has 0 spiro atoms. The summed E-state index contributed by atoms with van der Waals surface area (Å²) < 4.78 is 11.1. The number of aliphatic hydroxyl groups excluding tert-OH is 1. The standard InChI is InChI=1S/C27H34O7/c1-6-23(32)34-27(22(31)14-33-16(3)28)15(2)11-20-19-8-7-17-12-18(29)9-10-25(17,4)24(19)21(30)13-26(20,27)5/h7-10,12,15,19-21,24,30H,6,11,13-14H2,1-5H3/t15-,19?,20?,21?,24?,25-,26-,27-/m0/s1. The molecule has 0 aromatic rings. The van der Waals surface area contributed by atoms with Crippen molar-refractivity contribution < 1.29 is 33.8 Å². The molecule has 0 saturated heterocycles. The molecular weight excluding hydrogens is 436 g/mol. The summed E-state index contributed by atoms with van der Waals surface area (Å²) in [6.07, 6.45) is 9.28. The Bertz CT molecular complexity index is 1020. The number of fused-ring (bicyclic) bond motifs is 5. The number of ether oxygens (including phenoxy) is 2. The van der Waals surface area contributed by atoms with Crippen LogP contribution in [0.2, 0.25) is 0 Å². The van der Waals surface area contributed by atoms with E-state index < -0.39 is 46.9 Å². The fraction of sp³-hybridized carbons (Fsp3) is 0.630. The van der Waals surface area contributed by atoms with E-state index in [-0.39, 0.29) is 42.3 Å². The van der Waals surface area contributed by atoms with Crippen LogP contribution in [0.3, 0.4) is 0 Å². The van der Waals surface area contributed by atoms with Crippen LogP contribution in [0.5, 0.6) is 0 Å². The molecule has 7 nitrogen and oxygen atoms in total. The lowest BCUT2D eigenvalue weighted by Crippen LogP contribution is -2.63. The number of allylic oxidation sites excluding steroid dienone is 6. The second-order valence-corrected chi connectivity index (χ2v) is 10.8. The number of hydrogen-bond donors (Lipinski definition) is 1. The molecule has 7 heteroatoms. The maximum atomic E-state index is 13.7. The van der Waals surface area contributed by atoms with Gasteiger partial charge in [-0.1, -0.05) is 45.9 Å². The Morgan fingerprint density at radius 3 is 2.56 bits per heavy atom. The highest BCUT2D eigenvalue weighted by Crippen LogP contribution is 2.68. The van der Waals surface area contributed by atoms with Gasteiger partial charge in [-0.25, -0.2) is 0 Å². The summed E-state index contributed by atoms with van der Waals surface area (Å²) in [6.45, 7) is 8.30. The highest BCUT2D eigenvalue weighted by atomic mass is 16.6. The summed E-state index contributed by atoms with van der Waals surface area (Å²) in [7, 11) is 0. The second kappa shape index (κ2) is 8.29. The van der Waals surface area contributed by atoms with Crippen molar-refractivity contribution in [2.45, 2.75) is 65.6 Å². The van der Waals surface area contributed by atoms with Gasteiger partial charge in [0, 0.05) is 36.0 Å². The van der Waals surface area contributed by atoms with Gasteiger partial charge in [-0.05, 0) is 42.4 Å². The van der Waals surface area contributed by atoms with Crippen molar-refractivity contribution in [3.05, 3.63) is 36.0 Å². The van der Waals surface area contributed by atoms with Gasteiger partial charge in [0.2, 0.25) is 5.78 Å². The summed E-state index contributed by atoms with van der Waals surface area (Å²) in [5.41, 5.74) is -1.99. The molecule has 8 atom stereocenters. The molecule has 2 saturated carbocycles. The number of rotatable bonds is 5. The molecule has 0 heterocycles. The van der Waals surface area contributed by atoms with E-state index in [4.69, 9.17) is 9.47 Å². The third kappa shape index (κ3) is 3.35. The summed E-state index contributed by atoms with van der Waals surface area (Å²) >= 11 is 0. The van der Waals surface area contributed by atoms with Crippen molar-refractivity contribution in [1.82, 2.24) is 0 Å². The zero-order valence-corrected chi connectivity index (χ0v) is 20.5. The highest BCUT2D eigenvalue weighted by molar-refractivity contribution is 6.01. The molecule has 4 aliphatic rings. The van der Waals surface area contributed by atoms with Crippen LogP contribution < -0.4 is 0 Å². The number of carbonyl (C=O) groups excluding carboxylic acids is 4. The molecular formula is C27H34O7. The Morgan fingerprint density at radius 1 is 1.21 bits per heavy atom. The van der Waals surface area contributed by atoms with Crippen molar-refractivity contribution in [3.8, 4) is 0 Å². The van der Waals surface area contributed by atoms with Gasteiger partial charge >= 0.3 is 11.9 Å². The van der Waals surface area contributed by atoms with Gasteiger partial charge in [0.25, 0.3) is 0 Å². The number of hydrogen-bond acceptors (Lipinski definition) is 7. The van der Waals surface area contributed by atoms with Crippen LogP contribution in [0.25, 0.3) is 0 Å². The normalized spacial score (nSPS) is 42.2. The van der Waals surface area contributed by atoms with E-state index in [2.05, 4.69) is 6.08 Å². The van der Waals surface area contributed by atoms with E-state index in [1.807, 2.05) is 32.9 Å². The van der Waals surface area contributed by atoms with Crippen LogP contribution in [0.4, 0.5) is 0 Å². The minimum Gasteiger partial charge on any atom is -0.458 e. The fourth-order valence-corrected chi connectivity index (χ4v) is 7.50. The first-order chi connectivity index (χ1) is 15.9. The average Bonchev–Trinajstić information content (AvgIpc) is 2.99. The van der Waals surface area contributed by atoms with Crippen LogP contribution in [-0.2, 0) is 28.7 Å². The molecule has 4 aliphatic carbocycles. The number of Topliss-reactive ketones (excluding diaryl/α,β-unsaturated/α-hetero) is 1. The van der Waals surface area contributed by atoms with Gasteiger partial charge in [0.15, 0.2) is 18.0 Å². The predicted octanol–water partition coefficient (Wildman–Crippen LogP) is 3.11. The Balaban J connectivity index is 1.81. The summed E-state index contributed by atoms with van der Waals surface area (Å²) in [4.78, 5) is 49.7. The summed E-state index contributed by atoms with van der Waals surface area (Å²) in [5.74, 6) is -2.23. The largest absolute Gasteiger partial charge is 0.458 e. The van der Waals surface area contributed by atoms with Crippen molar-refractivity contribution in [3.63, 3.8) is 0 Å². The second-order valence-electron chi connectivity index (χ2n) is 10.8. The zero-order valence-electron chi connectivity index (χ0n) is 20.5. The number of esters is 2. The third-order valence-corrected chi connectivity index (χ3v) is 8.98. The lowest BCUT2D eigenvalue weighted by Gasteiger charge is -2.58. The van der Waals surface area contributed by atoms with E-state index in [0.717, 1.165) is 5.57 Å². The van der Waals surface area contributed by atoms with Crippen molar-refractivity contribution in [1.29, 1.82) is 0 Å². The molecule has 0 bridgehead atoms. The van der Waals surface area contributed by atoms with Crippen LogP contribution in [0.15, 0.2) is 36.0 Å². The molecule has 0 amide bonds. The van der Waals surface area contributed by atoms with Gasteiger partial charge in [0.05, 0.1) is 6.10 Å². The smallest absolute Gasteiger partial charge is 0.306 e. The number of aliphatic hydroxyl groups is 1. The predicted molar refractivity (Wildman–Crippen MR) is 123 cm³/mol. The van der Waals surface area contributed by atoms with E-state index in [1.54, 1.807) is 19.1 Å². The molecule has 0 aromatic carbocycles. The zero-order chi connectivity index (χ0) is 25.1. The topological polar surface area (TPSA) is 107 Å². The van der Waals surface area contributed by atoms with Crippen molar-refractivity contribution in [2.24, 2.45) is 34.5 Å². The first-order valence-electron chi connectivity index (χ1n) is 12.1. The molecule has 0 aromatic heterocycles.